The van der Waals surface area contributed by atoms with Crippen LogP contribution in [-0.4, -0.2) is 48.6 Å². The second-order valence-corrected chi connectivity index (χ2v) is 6.84. The number of aryl methyl sites for hydroxylation is 1. The highest BCUT2D eigenvalue weighted by atomic mass is 16.2. The number of carbonyl (C=O) groups is 1. The van der Waals surface area contributed by atoms with Crippen molar-refractivity contribution in [2.45, 2.75) is 18.9 Å². The zero-order chi connectivity index (χ0) is 17.5. The van der Waals surface area contributed by atoms with Gasteiger partial charge in [0.2, 0.25) is 0 Å². The number of rotatable bonds is 2. The number of hydrogen-bond donors (Lipinski definition) is 0. The maximum atomic E-state index is 12.8. The highest BCUT2D eigenvalue weighted by molar-refractivity contribution is 5.92. The first-order valence-corrected chi connectivity index (χ1v) is 8.86. The highest BCUT2D eigenvalue weighted by Crippen LogP contribution is 2.39. The molecule has 2 aliphatic rings. The lowest BCUT2D eigenvalue weighted by molar-refractivity contribution is 0.0778. The van der Waals surface area contributed by atoms with Crippen LogP contribution in [0.2, 0.25) is 0 Å². The molecular formula is C19H18N6O. The van der Waals surface area contributed by atoms with E-state index in [4.69, 9.17) is 0 Å². The molecule has 0 N–H and O–H groups in total. The van der Waals surface area contributed by atoms with Gasteiger partial charge in [-0.2, -0.15) is 0 Å². The Bertz CT molecular complexity index is 939. The van der Waals surface area contributed by atoms with Crippen LogP contribution >= 0.6 is 0 Å². The molecule has 3 aromatic rings. The molecule has 0 saturated carbocycles. The van der Waals surface area contributed by atoms with Gasteiger partial charge in [0.25, 0.3) is 5.91 Å². The number of amides is 1. The highest BCUT2D eigenvalue weighted by Gasteiger charge is 2.41. The average molecular weight is 346 g/mol. The molecule has 5 rings (SSSR count). The van der Waals surface area contributed by atoms with Crippen molar-refractivity contribution >= 4 is 5.91 Å². The number of carbonyl (C=O) groups excluding carboxylic acids is 1. The minimum atomic E-state index is -0.0524. The van der Waals surface area contributed by atoms with E-state index in [0.29, 0.717) is 18.2 Å². The van der Waals surface area contributed by atoms with Crippen LogP contribution in [0, 0.1) is 5.92 Å². The summed E-state index contributed by atoms with van der Waals surface area (Å²) in [6.45, 7) is 1.40. The number of fused-ring (bicyclic) bond motifs is 3. The van der Waals surface area contributed by atoms with Gasteiger partial charge in [-0.3, -0.25) is 9.78 Å². The smallest absolute Gasteiger partial charge is 0.274 e. The molecule has 0 radical (unpaired) electrons. The average Bonchev–Trinajstić information content (AvgIpc) is 3.32. The van der Waals surface area contributed by atoms with Gasteiger partial charge in [0.1, 0.15) is 11.5 Å². The summed E-state index contributed by atoms with van der Waals surface area (Å²) in [4.78, 5) is 22.8. The van der Waals surface area contributed by atoms with Crippen molar-refractivity contribution in [3.63, 3.8) is 0 Å². The first kappa shape index (κ1) is 15.2. The summed E-state index contributed by atoms with van der Waals surface area (Å²) in [6, 6.07) is 10.3. The van der Waals surface area contributed by atoms with Crippen molar-refractivity contribution in [2.75, 3.05) is 13.1 Å². The minimum absolute atomic E-state index is 0.0524. The normalized spacial score (nSPS) is 21.3. The van der Waals surface area contributed by atoms with E-state index in [1.165, 1.54) is 6.20 Å². The predicted octanol–water partition coefficient (Wildman–Crippen LogP) is 1.99. The van der Waals surface area contributed by atoms with Gasteiger partial charge in [0.15, 0.2) is 5.82 Å². The lowest BCUT2D eigenvalue weighted by Crippen LogP contribution is -2.30. The lowest BCUT2D eigenvalue weighted by Gasteiger charge is -2.27. The topological polar surface area (TPSA) is 76.8 Å². The van der Waals surface area contributed by atoms with Crippen molar-refractivity contribution in [3.05, 3.63) is 60.4 Å². The van der Waals surface area contributed by atoms with E-state index in [9.17, 15) is 4.79 Å². The molecule has 2 aromatic heterocycles. The van der Waals surface area contributed by atoms with Gasteiger partial charge in [0.05, 0.1) is 12.2 Å². The number of aromatic nitrogens is 5. The Morgan fingerprint density at radius 3 is 2.77 bits per heavy atom. The molecule has 130 valence electrons. The monoisotopic (exact) mass is 346 g/mol. The molecule has 26 heavy (non-hydrogen) atoms. The van der Waals surface area contributed by atoms with Crippen LogP contribution < -0.4 is 0 Å². The summed E-state index contributed by atoms with van der Waals surface area (Å²) < 4.78 is 2.24. The fourth-order valence-corrected chi connectivity index (χ4v) is 4.11. The lowest BCUT2D eigenvalue weighted by atomic mass is 9.93. The largest absolute Gasteiger partial charge is 0.335 e. The molecule has 1 aromatic carbocycles. The summed E-state index contributed by atoms with van der Waals surface area (Å²) >= 11 is 0. The van der Waals surface area contributed by atoms with Crippen LogP contribution in [0.5, 0.6) is 0 Å². The third-order valence-electron chi connectivity index (χ3n) is 5.34. The van der Waals surface area contributed by atoms with Gasteiger partial charge in [-0.15, -0.1) is 10.2 Å². The maximum Gasteiger partial charge on any atom is 0.274 e. The van der Waals surface area contributed by atoms with E-state index < -0.39 is 0 Å². The first-order chi connectivity index (χ1) is 12.8. The van der Waals surface area contributed by atoms with Gasteiger partial charge < -0.3 is 9.47 Å². The van der Waals surface area contributed by atoms with E-state index in [1.54, 1.807) is 12.4 Å². The zero-order valence-corrected chi connectivity index (χ0v) is 14.2. The summed E-state index contributed by atoms with van der Waals surface area (Å²) in [5.41, 5.74) is 1.46. The van der Waals surface area contributed by atoms with Gasteiger partial charge in [0, 0.05) is 37.5 Å². The Labute approximate surface area is 150 Å². The van der Waals surface area contributed by atoms with Crippen LogP contribution in [0.1, 0.15) is 28.8 Å². The Morgan fingerprint density at radius 1 is 1.08 bits per heavy atom. The van der Waals surface area contributed by atoms with E-state index in [-0.39, 0.29) is 11.9 Å². The molecule has 2 atom stereocenters. The van der Waals surface area contributed by atoms with Crippen LogP contribution in [0.3, 0.4) is 0 Å². The molecule has 0 aliphatic carbocycles. The fraction of sp³-hybridized carbons (Fsp3) is 0.316. The number of likely N-dealkylation sites (tertiary alicyclic amines) is 1. The maximum absolute atomic E-state index is 12.8. The van der Waals surface area contributed by atoms with Gasteiger partial charge in [-0.1, -0.05) is 30.3 Å². The van der Waals surface area contributed by atoms with E-state index in [0.717, 1.165) is 36.6 Å². The molecule has 1 fully saturated rings. The number of nitrogens with zero attached hydrogens (tertiary/aromatic N) is 6. The predicted molar refractivity (Wildman–Crippen MR) is 94.2 cm³/mol. The molecule has 0 bridgehead atoms. The molecule has 7 nitrogen and oxygen atoms in total. The van der Waals surface area contributed by atoms with Gasteiger partial charge >= 0.3 is 0 Å². The second-order valence-electron chi connectivity index (χ2n) is 6.84. The van der Waals surface area contributed by atoms with E-state index in [1.807, 2.05) is 23.1 Å². The van der Waals surface area contributed by atoms with Crippen LogP contribution in [-0.2, 0) is 6.42 Å². The molecular weight excluding hydrogens is 328 g/mol. The molecule has 7 heteroatoms. The van der Waals surface area contributed by atoms with Crippen molar-refractivity contribution in [2.24, 2.45) is 5.92 Å². The fourth-order valence-electron chi connectivity index (χ4n) is 4.11. The van der Waals surface area contributed by atoms with E-state index >= 15 is 0 Å². The van der Waals surface area contributed by atoms with Crippen molar-refractivity contribution < 1.29 is 4.79 Å². The van der Waals surface area contributed by atoms with Crippen molar-refractivity contribution in [3.8, 4) is 11.4 Å². The summed E-state index contributed by atoms with van der Waals surface area (Å²) in [6.07, 6.45) is 6.60. The van der Waals surface area contributed by atoms with Crippen molar-refractivity contribution in [1.82, 2.24) is 29.6 Å². The Hall–Kier alpha value is -3.09. The first-order valence-electron chi connectivity index (χ1n) is 8.86. The van der Waals surface area contributed by atoms with Crippen LogP contribution in [0.15, 0.2) is 48.9 Å². The standard InChI is InChI=1S/C19H18N6O/c26-19(15-10-20-8-9-21-15)24-11-14-6-7-17-22-23-18(25(17)16(14)12-24)13-4-2-1-3-5-13/h1-5,8-10,14,16H,6-7,11-12H2/t14-,16+/m1/s1. The third kappa shape index (κ3) is 2.39. The molecule has 1 amide bonds. The Morgan fingerprint density at radius 2 is 1.96 bits per heavy atom. The summed E-state index contributed by atoms with van der Waals surface area (Å²) in [7, 11) is 0. The second kappa shape index (κ2) is 6.01. The number of hydrogen-bond acceptors (Lipinski definition) is 5. The van der Waals surface area contributed by atoms with Crippen LogP contribution in [0.25, 0.3) is 11.4 Å². The molecule has 0 unspecified atom stereocenters. The zero-order valence-electron chi connectivity index (χ0n) is 14.2. The quantitative estimate of drug-likeness (QED) is 0.709. The van der Waals surface area contributed by atoms with Crippen molar-refractivity contribution in [1.29, 1.82) is 0 Å². The third-order valence-corrected chi connectivity index (χ3v) is 5.34. The van der Waals surface area contributed by atoms with Gasteiger partial charge in [-0.25, -0.2) is 4.98 Å². The van der Waals surface area contributed by atoms with E-state index in [2.05, 4.69) is 36.9 Å². The number of benzene rings is 1. The Balaban J connectivity index is 1.48. The summed E-state index contributed by atoms with van der Waals surface area (Å²) in [5.74, 6) is 2.27. The van der Waals surface area contributed by atoms with Gasteiger partial charge in [-0.05, 0) is 12.3 Å². The molecule has 2 aliphatic heterocycles. The molecule has 1 saturated heterocycles. The SMILES string of the molecule is O=C(c1cnccn1)N1C[C@H]2CCc3nnc(-c4ccccc4)n3[C@H]2C1. The minimum Gasteiger partial charge on any atom is -0.335 e. The Kier molecular flexibility index (Phi) is 3.51. The summed E-state index contributed by atoms with van der Waals surface area (Å²) in [5, 5.41) is 8.85. The van der Waals surface area contributed by atoms with Crippen LogP contribution in [0.4, 0.5) is 0 Å². The molecule has 0 spiro atoms. The molecule has 4 heterocycles.